The minimum atomic E-state index is -0.116. The smallest absolute Gasteiger partial charge is 0.0540 e. The lowest BCUT2D eigenvalue weighted by Gasteiger charge is -2.08. The number of hydrogen-bond donors (Lipinski definition) is 1. The molecule has 0 saturated heterocycles. The molecule has 0 aliphatic rings. The lowest BCUT2D eigenvalue weighted by Crippen LogP contribution is -2.05. The summed E-state index contributed by atoms with van der Waals surface area (Å²) in [6.07, 6.45) is 24.0. The number of unbranched alkanes of at least 4 members (excludes halogenated alkanes) is 3. The first kappa shape index (κ1) is 17.9. The number of aliphatic hydroxyl groups is 1. The average Bonchev–Trinajstić information content (AvgIpc) is 2.41. The van der Waals surface area contributed by atoms with E-state index in [0.717, 1.165) is 38.5 Å². The molecule has 0 heterocycles. The van der Waals surface area contributed by atoms with Crippen molar-refractivity contribution in [1.29, 1.82) is 0 Å². The summed E-state index contributed by atoms with van der Waals surface area (Å²) in [5.41, 5.74) is 0. The van der Waals surface area contributed by atoms with E-state index in [1.807, 2.05) is 32.1 Å². The van der Waals surface area contributed by atoms with Crippen molar-refractivity contribution in [3.05, 3.63) is 48.6 Å². The van der Waals surface area contributed by atoms with Gasteiger partial charge < -0.3 is 5.11 Å². The maximum atomic E-state index is 9.83. The summed E-state index contributed by atoms with van der Waals surface area (Å²) in [7, 11) is 0. The molecule has 0 aromatic carbocycles. The van der Waals surface area contributed by atoms with Crippen LogP contribution in [-0.2, 0) is 0 Å². The van der Waals surface area contributed by atoms with Crippen LogP contribution in [0.2, 0.25) is 0 Å². The van der Waals surface area contributed by atoms with Crippen molar-refractivity contribution >= 4 is 0 Å². The van der Waals surface area contributed by atoms with E-state index in [1.165, 1.54) is 6.42 Å². The highest BCUT2D eigenvalue weighted by Crippen LogP contribution is 2.10. The van der Waals surface area contributed by atoms with Crippen LogP contribution in [-0.4, -0.2) is 11.2 Å². The first-order valence-corrected chi connectivity index (χ1v) is 7.55. The summed E-state index contributed by atoms with van der Waals surface area (Å²) in [5.74, 6) is 0. The van der Waals surface area contributed by atoms with Gasteiger partial charge in [-0.1, -0.05) is 55.0 Å². The van der Waals surface area contributed by atoms with Gasteiger partial charge in [0, 0.05) is 0 Å². The lowest BCUT2D eigenvalue weighted by molar-refractivity contribution is 0.149. The van der Waals surface area contributed by atoms with Crippen LogP contribution in [0.25, 0.3) is 0 Å². The van der Waals surface area contributed by atoms with E-state index in [2.05, 4.69) is 30.4 Å². The molecule has 0 saturated carbocycles. The standard InChI is InChI=1S/C18H30O/c1-3-5-7-9-11-13-15-17-18(19)16-14-12-10-8-6-4-2/h3-10,18-19H,11-17H2,1-2H3. The van der Waals surface area contributed by atoms with Crippen LogP contribution in [0.15, 0.2) is 48.6 Å². The molecule has 0 aliphatic carbocycles. The van der Waals surface area contributed by atoms with Gasteiger partial charge in [0.15, 0.2) is 0 Å². The molecule has 1 atom stereocenters. The Hall–Kier alpha value is -1.08. The Labute approximate surface area is 119 Å². The van der Waals surface area contributed by atoms with Crippen LogP contribution < -0.4 is 0 Å². The Morgan fingerprint density at radius 2 is 1.26 bits per heavy atom. The van der Waals surface area contributed by atoms with Crippen molar-refractivity contribution in [2.24, 2.45) is 0 Å². The fraction of sp³-hybridized carbons (Fsp3) is 0.556. The molecular formula is C18H30O. The molecule has 0 aromatic rings. The van der Waals surface area contributed by atoms with E-state index in [1.54, 1.807) is 0 Å². The molecule has 0 amide bonds. The second-order valence-corrected chi connectivity index (χ2v) is 4.78. The van der Waals surface area contributed by atoms with Crippen molar-refractivity contribution < 1.29 is 5.11 Å². The molecule has 0 bridgehead atoms. The zero-order valence-corrected chi connectivity index (χ0v) is 12.6. The molecule has 1 nitrogen and oxygen atoms in total. The Bertz CT molecular complexity index is 284. The van der Waals surface area contributed by atoms with Gasteiger partial charge in [-0.15, -0.1) is 0 Å². The number of rotatable bonds is 11. The summed E-state index contributed by atoms with van der Waals surface area (Å²) in [5, 5.41) is 9.83. The summed E-state index contributed by atoms with van der Waals surface area (Å²) < 4.78 is 0. The van der Waals surface area contributed by atoms with Gasteiger partial charge in [0.2, 0.25) is 0 Å². The Balaban J connectivity index is 3.37. The van der Waals surface area contributed by atoms with E-state index in [9.17, 15) is 5.11 Å². The van der Waals surface area contributed by atoms with E-state index < -0.39 is 0 Å². The zero-order valence-electron chi connectivity index (χ0n) is 12.6. The highest BCUT2D eigenvalue weighted by Gasteiger charge is 2.02. The molecule has 19 heavy (non-hydrogen) atoms. The normalized spacial score (nSPS) is 14.5. The second kappa shape index (κ2) is 15.0. The Morgan fingerprint density at radius 3 is 1.84 bits per heavy atom. The molecule has 0 rings (SSSR count). The monoisotopic (exact) mass is 262 g/mol. The first-order chi connectivity index (χ1) is 9.31. The molecule has 1 unspecified atom stereocenters. The molecule has 1 N–H and O–H groups in total. The van der Waals surface area contributed by atoms with Gasteiger partial charge in [-0.25, -0.2) is 0 Å². The van der Waals surface area contributed by atoms with Gasteiger partial charge in [-0.05, 0) is 52.4 Å². The molecule has 0 fully saturated rings. The van der Waals surface area contributed by atoms with Gasteiger partial charge in [0.25, 0.3) is 0 Å². The minimum absolute atomic E-state index is 0.116. The van der Waals surface area contributed by atoms with Crippen molar-refractivity contribution in [1.82, 2.24) is 0 Å². The summed E-state index contributed by atoms with van der Waals surface area (Å²) in [6.45, 7) is 4.04. The Morgan fingerprint density at radius 1 is 0.737 bits per heavy atom. The quantitative estimate of drug-likeness (QED) is 0.393. The minimum Gasteiger partial charge on any atom is -0.393 e. The Kier molecular flexibility index (Phi) is 14.1. The van der Waals surface area contributed by atoms with Crippen molar-refractivity contribution in [2.45, 2.75) is 64.9 Å². The molecule has 0 aromatic heterocycles. The zero-order chi connectivity index (χ0) is 14.2. The van der Waals surface area contributed by atoms with Crippen molar-refractivity contribution in [3.8, 4) is 0 Å². The maximum Gasteiger partial charge on any atom is 0.0540 e. The second-order valence-electron chi connectivity index (χ2n) is 4.78. The van der Waals surface area contributed by atoms with Crippen LogP contribution in [0.4, 0.5) is 0 Å². The van der Waals surface area contributed by atoms with E-state index >= 15 is 0 Å². The van der Waals surface area contributed by atoms with Gasteiger partial charge in [-0.3, -0.25) is 0 Å². The fourth-order valence-corrected chi connectivity index (χ4v) is 1.83. The highest BCUT2D eigenvalue weighted by molar-refractivity contribution is 5.01. The number of allylic oxidation sites excluding steroid dienone is 8. The van der Waals surface area contributed by atoms with Gasteiger partial charge in [-0.2, -0.15) is 0 Å². The van der Waals surface area contributed by atoms with Crippen molar-refractivity contribution in [2.75, 3.05) is 0 Å². The molecule has 108 valence electrons. The van der Waals surface area contributed by atoms with E-state index in [4.69, 9.17) is 0 Å². The lowest BCUT2D eigenvalue weighted by atomic mass is 10.0. The topological polar surface area (TPSA) is 20.2 Å². The maximum absolute atomic E-state index is 9.83. The molecule has 0 spiro atoms. The summed E-state index contributed by atoms with van der Waals surface area (Å²) >= 11 is 0. The number of hydrogen-bond acceptors (Lipinski definition) is 1. The van der Waals surface area contributed by atoms with Gasteiger partial charge in [0.1, 0.15) is 0 Å². The summed E-state index contributed by atoms with van der Waals surface area (Å²) in [4.78, 5) is 0. The van der Waals surface area contributed by atoms with Crippen LogP contribution in [0.3, 0.4) is 0 Å². The van der Waals surface area contributed by atoms with E-state index in [0.29, 0.717) is 0 Å². The predicted octanol–water partition coefficient (Wildman–Crippen LogP) is 5.34. The third-order valence-electron chi connectivity index (χ3n) is 2.95. The van der Waals surface area contributed by atoms with Crippen molar-refractivity contribution in [3.63, 3.8) is 0 Å². The predicted molar refractivity (Wildman–Crippen MR) is 86.2 cm³/mol. The van der Waals surface area contributed by atoms with Crippen LogP contribution in [0.5, 0.6) is 0 Å². The van der Waals surface area contributed by atoms with E-state index in [-0.39, 0.29) is 6.10 Å². The summed E-state index contributed by atoms with van der Waals surface area (Å²) in [6, 6.07) is 0. The average molecular weight is 262 g/mol. The largest absolute Gasteiger partial charge is 0.393 e. The molecular weight excluding hydrogens is 232 g/mol. The molecule has 0 radical (unpaired) electrons. The highest BCUT2D eigenvalue weighted by atomic mass is 16.3. The SMILES string of the molecule is CC=CC=CCCCCC(O)CCCC=CC=CC. The van der Waals surface area contributed by atoms with Gasteiger partial charge >= 0.3 is 0 Å². The molecule has 1 heteroatoms. The third kappa shape index (κ3) is 14.9. The van der Waals surface area contributed by atoms with Gasteiger partial charge in [0.05, 0.1) is 6.10 Å². The van der Waals surface area contributed by atoms with Crippen LogP contribution >= 0.6 is 0 Å². The molecule has 0 aliphatic heterocycles. The first-order valence-electron chi connectivity index (χ1n) is 7.55. The third-order valence-corrected chi connectivity index (χ3v) is 2.95. The number of aliphatic hydroxyl groups excluding tert-OH is 1. The fourth-order valence-electron chi connectivity index (χ4n) is 1.83. The van der Waals surface area contributed by atoms with Crippen LogP contribution in [0.1, 0.15) is 58.8 Å². The van der Waals surface area contributed by atoms with Crippen LogP contribution in [0, 0.1) is 0 Å².